The molecule has 2 N–H and O–H groups in total. The molecule has 0 radical (unpaired) electrons. The highest BCUT2D eigenvalue weighted by molar-refractivity contribution is 5.85. The predicted octanol–water partition coefficient (Wildman–Crippen LogP) is 2.43. The number of fused-ring (bicyclic) bond motifs is 1. The molecule has 0 saturated heterocycles. The van der Waals surface area contributed by atoms with Gasteiger partial charge in [0.15, 0.2) is 0 Å². The van der Waals surface area contributed by atoms with Gasteiger partial charge < -0.3 is 10.6 Å². The van der Waals surface area contributed by atoms with Crippen molar-refractivity contribution in [2.75, 3.05) is 11.4 Å². The smallest absolute Gasteiger partial charge is 0.225 e. The van der Waals surface area contributed by atoms with E-state index in [1.165, 1.54) is 0 Å². The van der Waals surface area contributed by atoms with Gasteiger partial charge in [0.25, 0.3) is 0 Å². The van der Waals surface area contributed by atoms with Gasteiger partial charge in [0.1, 0.15) is 0 Å². The molecule has 0 aromatic heterocycles. The van der Waals surface area contributed by atoms with Gasteiger partial charge in [0, 0.05) is 18.3 Å². The number of benzene rings is 1. The van der Waals surface area contributed by atoms with Crippen LogP contribution in [-0.4, -0.2) is 18.5 Å². The van der Waals surface area contributed by atoms with Crippen LogP contribution in [0.3, 0.4) is 0 Å². The highest BCUT2D eigenvalue weighted by atomic mass is 16.1. The first-order valence-electron chi connectivity index (χ1n) is 6.30. The van der Waals surface area contributed by atoms with E-state index < -0.39 is 0 Å². The number of hydrogen-bond donors (Lipinski definition) is 1. The van der Waals surface area contributed by atoms with Gasteiger partial charge in [-0.1, -0.05) is 30.4 Å². The molecule has 18 heavy (non-hydrogen) atoms. The lowest BCUT2D eigenvalue weighted by atomic mass is 9.85. The second kappa shape index (κ2) is 4.84. The van der Waals surface area contributed by atoms with E-state index in [0.29, 0.717) is 6.04 Å². The van der Waals surface area contributed by atoms with Gasteiger partial charge >= 0.3 is 0 Å². The van der Waals surface area contributed by atoms with Crippen LogP contribution in [0.1, 0.15) is 31.7 Å². The molecule has 1 amide bonds. The molecule has 0 unspecified atom stereocenters. The van der Waals surface area contributed by atoms with E-state index >= 15 is 0 Å². The molecule has 1 aromatic rings. The van der Waals surface area contributed by atoms with Crippen molar-refractivity contribution in [2.45, 2.75) is 32.2 Å². The van der Waals surface area contributed by atoms with Crippen molar-refractivity contribution in [1.29, 1.82) is 0 Å². The van der Waals surface area contributed by atoms with Crippen LogP contribution < -0.4 is 10.6 Å². The fraction of sp³-hybridized carbons (Fsp3) is 0.400. The Bertz CT molecular complexity index is 481. The number of amides is 1. The minimum atomic E-state index is -0.232. The normalized spacial score (nSPS) is 22.4. The molecule has 0 aliphatic carbocycles. The fourth-order valence-corrected chi connectivity index (χ4v) is 2.68. The van der Waals surface area contributed by atoms with Crippen LogP contribution >= 0.6 is 0 Å². The summed E-state index contributed by atoms with van der Waals surface area (Å²) in [6.07, 6.45) is 0.777. The fourth-order valence-electron chi connectivity index (χ4n) is 2.68. The van der Waals surface area contributed by atoms with Crippen LogP contribution in [-0.2, 0) is 4.79 Å². The third-order valence-electron chi connectivity index (χ3n) is 3.51. The van der Waals surface area contributed by atoms with Crippen molar-refractivity contribution in [2.24, 2.45) is 5.73 Å². The second-order valence-corrected chi connectivity index (χ2v) is 5.18. The van der Waals surface area contributed by atoms with Crippen LogP contribution in [0.4, 0.5) is 5.69 Å². The number of rotatable bonds is 3. The standard InChI is InChI=1S/C15H20N2O/c1-10(2)9-17-11(3)8-13(15(16)18)12-6-4-5-7-14(12)17/h4-7,11,13H,1,8-9H2,2-3H3,(H2,16,18)/t11-,13-/m0/s1. The zero-order valence-corrected chi connectivity index (χ0v) is 11.0. The number of anilines is 1. The molecule has 3 nitrogen and oxygen atoms in total. The van der Waals surface area contributed by atoms with Crippen molar-refractivity contribution in [3.8, 4) is 0 Å². The third kappa shape index (κ3) is 2.26. The highest BCUT2D eigenvalue weighted by Crippen LogP contribution is 2.38. The number of carbonyl (C=O) groups excluding carboxylic acids is 1. The Morgan fingerprint density at radius 1 is 1.50 bits per heavy atom. The summed E-state index contributed by atoms with van der Waals surface area (Å²) in [5.41, 5.74) is 8.80. The molecule has 2 rings (SSSR count). The minimum Gasteiger partial charge on any atom is -0.369 e. The Balaban J connectivity index is 2.44. The Hall–Kier alpha value is -1.77. The summed E-state index contributed by atoms with van der Waals surface area (Å²) in [6, 6.07) is 8.32. The lowest BCUT2D eigenvalue weighted by Gasteiger charge is -2.40. The van der Waals surface area contributed by atoms with E-state index in [9.17, 15) is 4.79 Å². The number of carbonyl (C=O) groups is 1. The quantitative estimate of drug-likeness (QED) is 0.830. The lowest BCUT2D eigenvalue weighted by molar-refractivity contribution is -0.119. The van der Waals surface area contributed by atoms with Gasteiger partial charge in [-0.3, -0.25) is 4.79 Å². The number of para-hydroxylation sites is 1. The number of primary amides is 1. The zero-order valence-electron chi connectivity index (χ0n) is 11.0. The predicted molar refractivity (Wildman–Crippen MR) is 74.6 cm³/mol. The van der Waals surface area contributed by atoms with Gasteiger partial charge in [0.2, 0.25) is 5.91 Å². The number of nitrogens with zero attached hydrogens (tertiary/aromatic N) is 1. The molecule has 1 aliphatic rings. The van der Waals surface area contributed by atoms with Gasteiger partial charge in [0.05, 0.1) is 5.92 Å². The SMILES string of the molecule is C=C(C)CN1c2ccccc2[C@@H](C(N)=O)C[C@@H]1C. The Morgan fingerprint density at radius 3 is 2.78 bits per heavy atom. The largest absolute Gasteiger partial charge is 0.369 e. The molecule has 0 spiro atoms. The molecular weight excluding hydrogens is 224 g/mol. The molecule has 0 bridgehead atoms. The van der Waals surface area contributed by atoms with E-state index in [1.807, 2.05) is 25.1 Å². The van der Waals surface area contributed by atoms with Crippen molar-refractivity contribution in [3.05, 3.63) is 42.0 Å². The monoisotopic (exact) mass is 244 g/mol. The lowest BCUT2D eigenvalue weighted by Crippen LogP contribution is -2.42. The zero-order chi connectivity index (χ0) is 13.3. The van der Waals surface area contributed by atoms with Gasteiger partial charge in [-0.05, 0) is 31.9 Å². The van der Waals surface area contributed by atoms with E-state index in [2.05, 4.69) is 24.5 Å². The minimum absolute atomic E-state index is 0.169. The average molecular weight is 244 g/mol. The summed E-state index contributed by atoms with van der Waals surface area (Å²) in [5, 5.41) is 0. The van der Waals surface area contributed by atoms with E-state index in [0.717, 1.165) is 29.8 Å². The van der Waals surface area contributed by atoms with Crippen LogP contribution in [0.5, 0.6) is 0 Å². The summed E-state index contributed by atoms with van der Waals surface area (Å²) >= 11 is 0. The number of hydrogen-bond acceptors (Lipinski definition) is 2. The van der Waals surface area contributed by atoms with Crippen molar-refractivity contribution < 1.29 is 4.79 Å². The molecule has 96 valence electrons. The topological polar surface area (TPSA) is 46.3 Å². The van der Waals surface area contributed by atoms with Crippen molar-refractivity contribution in [3.63, 3.8) is 0 Å². The van der Waals surface area contributed by atoms with E-state index in [1.54, 1.807) is 0 Å². The molecule has 0 saturated carbocycles. The maximum Gasteiger partial charge on any atom is 0.225 e. The highest BCUT2D eigenvalue weighted by Gasteiger charge is 2.32. The summed E-state index contributed by atoms with van der Waals surface area (Å²) < 4.78 is 0. The van der Waals surface area contributed by atoms with Crippen LogP contribution in [0.2, 0.25) is 0 Å². The van der Waals surface area contributed by atoms with Crippen LogP contribution in [0.15, 0.2) is 36.4 Å². The Kier molecular flexibility index (Phi) is 3.41. The maximum absolute atomic E-state index is 11.6. The van der Waals surface area contributed by atoms with Crippen molar-refractivity contribution in [1.82, 2.24) is 0 Å². The maximum atomic E-state index is 11.6. The Morgan fingerprint density at radius 2 is 2.17 bits per heavy atom. The molecule has 1 aliphatic heterocycles. The van der Waals surface area contributed by atoms with Crippen LogP contribution in [0.25, 0.3) is 0 Å². The third-order valence-corrected chi connectivity index (χ3v) is 3.51. The number of nitrogens with two attached hydrogens (primary N) is 1. The van der Waals surface area contributed by atoms with E-state index in [4.69, 9.17) is 5.73 Å². The molecule has 2 atom stereocenters. The molecule has 0 fully saturated rings. The first-order chi connectivity index (χ1) is 8.50. The van der Waals surface area contributed by atoms with Crippen LogP contribution in [0, 0.1) is 0 Å². The molecule has 3 heteroatoms. The van der Waals surface area contributed by atoms with Gasteiger partial charge in [-0.15, -0.1) is 0 Å². The molecule has 1 heterocycles. The first-order valence-corrected chi connectivity index (χ1v) is 6.30. The summed E-state index contributed by atoms with van der Waals surface area (Å²) in [4.78, 5) is 13.9. The van der Waals surface area contributed by atoms with E-state index in [-0.39, 0.29) is 11.8 Å². The molecular formula is C15H20N2O. The summed E-state index contributed by atoms with van der Waals surface area (Å²) in [6.45, 7) is 8.96. The Labute approximate surface area is 108 Å². The van der Waals surface area contributed by atoms with Crippen molar-refractivity contribution >= 4 is 11.6 Å². The molecule has 1 aromatic carbocycles. The van der Waals surface area contributed by atoms with Gasteiger partial charge in [-0.25, -0.2) is 0 Å². The summed E-state index contributed by atoms with van der Waals surface area (Å²) in [5.74, 6) is -0.401. The second-order valence-electron chi connectivity index (χ2n) is 5.18. The van der Waals surface area contributed by atoms with Gasteiger partial charge in [-0.2, -0.15) is 0 Å². The summed E-state index contributed by atoms with van der Waals surface area (Å²) in [7, 11) is 0. The first kappa shape index (κ1) is 12.7. The average Bonchev–Trinajstić information content (AvgIpc) is 2.31.